The standard InChI is InChI=1S/C25H18Cl2N2O3/c1-32-18-10-11-19-20(13-18)23(22(27)14-21(19)26)29-25(31)28-17-9-5-8-16(12-17)24(30)15-6-3-2-4-7-15/h2-14H,1H3,(H2,28,29,31). The minimum Gasteiger partial charge on any atom is -0.497 e. The Morgan fingerprint density at radius 1 is 0.750 bits per heavy atom. The molecule has 2 N–H and O–H groups in total. The molecule has 0 bridgehead atoms. The topological polar surface area (TPSA) is 67.4 Å². The summed E-state index contributed by atoms with van der Waals surface area (Å²) in [7, 11) is 1.55. The van der Waals surface area contributed by atoms with Crippen molar-refractivity contribution in [2.75, 3.05) is 17.7 Å². The lowest BCUT2D eigenvalue weighted by Crippen LogP contribution is -2.20. The van der Waals surface area contributed by atoms with Gasteiger partial charge >= 0.3 is 6.03 Å². The molecule has 0 spiro atoms. The molecular weight excluding hydrogens is 447 g/mol. The van der Waals surface area contributed by atoms with Gasteiger partial charge in [0.25, 0.3) is 0 Å². The molecular formula is C25H18Cl2N2O3. The van der Waals surface area contributed by atoms with Crippen molar-refractivity contribution in [3.05, 3.63) is 100 Å². The SMILES string of the molecule is COc1ccc2c(Cl)cc(Cl)c(NC(=O)Nc3cccc(C(=O)c4ccccc4)c3)c2c1. The predicted molar refractivity (Wildman–Crippen MR) is 129 cm³/mol. The molecule has 4 rings (SSSR count). The van der Waals surface area contributed by atoms with Crippen LogP contribution in [-0.2, 0) is 0 Å². The lowest BCUT2D eigenvalue weighted by molar-refractivity contribution is 0.103. The predicted octanol–water partition coefficient (Wildman–Crippen LogP) is 7.03. The van der Waals surface area contributed by atoms with Crippen LogP contribution in [0.2, 0.25) is 10.0 Å². The highest BCUT2D eigenvalue weighted by Crippen LogP contribution is 2.38. The zero-order valence-electron chi connectivity index (χ0n) is 17.0. The van der Waals surface area contributed by atoms with E-state index in [1.54, 1.807) is 79.9 Å². The van der Waals surface area contributed by atoms with Gasteiger partial charge in [-0.3, -0.25) is 4.79 Å². The zero-order valence-corrected chi connectivity index (χ0v) is 18.5. The molecule has 0 saturated carbocycles. The Labute approximate surface area is 194 Å². The molecule has 7 heteroatoms. The molecule has 0 aromatic heterocycles. The van der Waals surface area contributed by atoms with Gasteiger partial charge in [0, 0.05) is 27.6 Å². The number of benzene rings is 4. The molecule has 4 aromatic carbocycles. The fourth-order valence-electron chi connectivity index (χ4n) is 3.35. The molecule has 0 heterocycles. The van der Waals surface area contributed by atoms with Crippen LogP contribution in [0.25, 0.3) is 10.8 Å². The molecule has 0 fully saturated rings. The van der Waals surface area contributed by atoms with Gasteiger partial charge in [-0.25, -0.2) is 4.79 Å². The number of ketones is 1. The molecule has 5 nitrogen and oxygen atoms in total. The second-order valence-corrected chi connectivity index (χ2v) is 7.80. The van der Waals surface area contributed by atoms with E-state index in [1.165, 1.54) is 0 Å². The summed E-state index contributed by atoms with van der Waals surface area (Å²) in [6.45, 7) is 0. The number of halogens is 2. The fraction of sp³-hybridized carbons (Fsp3) is 0.0400. The van der Waals surface area contributed by atoms with Gasteiger partial charge in [-0.05, 0) is 36.4 Å². The first kappa shape index (κ1) is 21.7. The highest BCUT2D eigenvalue weighted by Gasteiger charge is 2.15. The molecule has 0 atom stereocenters. The number of nitrogens with one attached hydrogen (secondary N) is 2. The Bertz CT molecular complexity index is 1320. The van der Waals surface area contributed by atoms with Crippen LogP contribution < -0.4 is 15.4 Å². The first-order valence-electron chi connectivity index (χ1n) is 9.70. The van der Waals surface area contributed by atoms with E-state index in [2.05, 4.69) is 10.6 Å². The van der Waals surface area contributed by atoms with Gasteiger partial charge in [0.2, 0.25) is 0 Å². The third kappa shape index (κ3) is 4.54. The minimum atomic E-state index is -0.511. The van der Waals surface area contributed by atoms with Gasteiger partial charge < -0.3 is 15.4 Å². The summed E-state index contributed by atoms with van der Waals surface area (Å²) in [5, 5.41) is 7.65. The molecule has 4 aromatic rings. The average molecular weight is 465 g/mol. The Morgan fingerprint density at radius 2 is 1.50 bits per heavy atom. The molecule has 2 amide bonds. The maximum atomic E-state index is 12.7. The molecule has 0 aliphatic heterocycles. The Balaban J connectivity index is 1.59. The molecule has 32 heavy (non-hydrogen) atoms. The number of rotatable bonds is 5. The molecule has 160 valence electrons. The normalized spacial score (nSPS) is 10.6. The molecule has 0 aliphatic carbocycles. The fourth-order valence-corrected chi connectivity index (χ4v) is 3.94. The second kappa shape index (κ2) is 9.30. The highest BCUT2D eigenvalue weighted by atomic mass is 35.5. The number of methoxy groups -OCH3 is 1. The van der Waals surface area contributed by atoms with Gasteiger partial charge in [0.15, 0.2) is 5.78 Å². The van der Waals surface area contributed by atoms with Crippen LogP contribution in [-0.4, -0.2) is 18.9 Å². The van der Waals surface area contributed by atoms with E-state index in [0.717, 1.165) is 5.39 Å². The Kier molecular flexibility index (Phi) is 6.30. The van der Waals surface area contributed by atoms with Crippen LogP contribution in [0.15, 0.2) is 78.9 Å². The number of hydrogen-bond acceptors (Lipinski definition) is 3. The minimum absolute atomic E-state index is 0.131. The van der Waals surface area contributed by atoms with Crippen molar-refractivity contribution in [3.8, 4) is 5.75 Å². The van der Waals surface area contributed by atoms with Gasteiger partial charge in [0.1, 0.15) is 5.75 Å². The number of carbonyl (C=O) groups is 2. The number of anilines is 2. The summed E-state index contributed by atoms with van der Waals surface area (Å²) < 4.78 is 5.28. The first-order chi connectivity index (χ1) is 15.5. The third-order valence-corrected chi connectivity index (χ3v) is 5.51. The average Bonchev–Trinajstić information content (AvgIpc) is 2.81. The first-order valence-corrected chi connectivity index (χ1v) is 10.5. The van der Waals surface area contributed by atoms with E-state index in [0.29, 0.717) is 43.7 Å². The second-order valence-electron chi connectivity index (χ2n) is 6.98. The quantitative estimate of drug-likeness (QED) is 0.311. The summed E-state index contributed by atoms with van der Waals surface area (Å²) in [6, 6.07) is 22.1. The number of amides is 2. The van der Waals surface area contributed by atoms with Gasteiger partial charge in [-0.2, -0.15) is 0 Å². The smallest absolute Gasteiger partial charge is 0.323 e. The van der Waals surface area contributed by atoms with E-state index < -0.39 is 6.03 Å². The lowest BCUT2D eigenvalue weighted by Gasteiger charge is -2.14. The number of urea groups is 1. The maximum Gasteiger partial charge on any atom is 0.323 e. The summed E-state index contributed by atoms with van der Waals surface area (Å²) in [5.74, 6) is 0.472. The summed E-state index contributed by atoms with van der Waals surface area (Å²) in [6.07, 6.45) is 0. The lowest BCUT2D eigenvalue weighted by atomic mass is 10.0. The van der Waals surface area contributed by atoms with E-state index in [-0.39, 0.29) is 5.78 Å². The number of ether oxygens (including phenoxy) is 1. The van der Waals surface area contributed by atoms with Crippen LogP contribution in [0.5, 0.6) is 5.75 Å². The number of hydrogen-bond donors (Lipinski definition) is 2. The van der Waals surface area contributed by atoms with E-state index in [4.69, 9.17) is 27.9 Å². The van der Waals surface area contributed by atoms with Crippen LogP contribution in [0.3, 0.4) is 0 Å². The van der Waals surface area contributed by atoms with E-state index in [1.807, 2.05) is 6.07 Å². The largest absolute Gasteiger partial charge is 0.497 e. The molecule has 0 saturated heterocycles. The Morgan fingerprint density at radius 3 is 2.25 bits per heavy atom. The monoisotopic (exact) mass is 464 g/mol. The summed E-state index contributed by atoms with van der Waals surface area (Å²) in [4.78, 5) is 25.4. The van der Waals surface area contributed by atoms with Crippen LogP contribution in [0.1, 0.15) is 15.9 Å². The van der Waals surface area contributed by atoms with E-state index in [9.17, 15) is 9.59 Å². The van der Waals surface area contributed by atoms with Crippen molar-refractivity contribution in [2.45, 2.75) is 0 Å². The van der Waals surface area contributed by atoms with Gasteiger partial charge in [0.05, 0.1) is 22.8 Å². The van der Waals surface area contributed by atoms with Crippen molar-refractivity contribution in [1.82, 2.24) is 0 Å². The van der Waals surface area contributed by atoms with Crippen LogP contribution in [0.4, 0.5) is 16.2 Å². The number of fused-ring (bicyclic) bond motifs is 1. The van der Waals surface area contributed by atoms with Crippen molar-refractivity contribution in [2.24, 2.45) is 0 Å². The Hall–Kier alpha value is -3.54. The van der Waals surface area contributed by atoms with E-state index >= 15 is 0 Å². The maximum absolute atomic E-state index is 12.7. The molecule has 0 radical (unpaired) electrons. The van der Waals surface area contributed by atoms with Crippen molar-refractivity contribution in [3.63, 3.8) is 0 Å². The van der Waals surface area contributed by atoms with Crippen LogP contribution in [0, 0.1) is 0 Å². The summed E-state index contributed by atoms with van der Waals surface area (Å²) >= 11 is 12.7. The van der Waals surface area contributed by atoms with Gasteiger partial charge in [-0.1, -0.05) is 65.7 Å². The van der Waals surface area contributed by atoms with Crippen LogP contribution >= 0.6 is 23.2 Å². The van der Waals surface area contributed by atoms with Gasteiger partial charge in [-0.15, -0.1) is 0 Å². The summed E-state index contributed by atoms with van der Waals surface area (Å²) in [5.41, 5.74) is 1.91. The van der Waals surface area contributed by atoms with Crippen molar-refractivity contribution < 1.29 is 14.3 Å². The third-order valence-electron chi connectivity index (χ3n) is 4.90. The highest BCUT2D eigenvalue weighted by molar-refractivity contribution is 6.41. The molecule has 0 unspecified atom stereocenters. The molecule has 0 aliphatic rings. The van der Waals surface area contributed by atoms with Crippen molar-refractivity contribution >= 4 is 57.2 Å². The zero-order chi connectivity index (χ0) is 22.7. The number of carbonyl (C=O) groups excluding carboxylic acids is 2. The van der Waals surface area contributed by atoms with Crippen molar-refractivity contribution in [1.29, 1.82) is 0 Å².